The number of thioether (sulfide) groups is 1. The lowest BCUT2D eigenvalue weighted by Gasteiger charge is -2.36. The number of amides is 2. The molecule has 2 fully saturated rings. The van der Waals surface area contributed by atoms with Crippen LogP contribution in [0, 0.1) is 11.6 Å². The molecule has 0 spiro atoms. The molecule has 0 aromatic heterocycles. The van der Waals surface area contributed by atoms with Crippen LogP contribution in [-0.2, 0) is 4.79 Å². The summed E-state index contributed by atoms with van der Waals surface area (Å²) in [6.45, 7) is 5.84. The van der Waals surface area contributed by atoms with Gasteiger partial charge in [-0.3, -0.25) is 14.5 Å². The average Bonchev–Trinajstić information content (AvgIpc) is 3.13. The molecule has 170 valence electrons. The SMILES string of the molecule is CC[C@@H]1S[C@@H](c2ccc(F)cc2)N(CCN2CCN(C(=O)c3cccc(F)c3)CC2)C1=O. The van der Waals surface area contributed by atoms with Gasteiger partial charge in [0.1, 0.15) is 17.0 Å². The van der Waals surface area contributed by atoms with Gasteiger partial charge in [0, 0.05) is 44.8 Å². The van der Waals surface area contributed by atoms with E-state index < -0.39 is 5.82 Å². The van der Waals surface area contributed by atoms with E-state index in [-0.39, 0.29) is 28.3 Å². The minimum Gasteiger partial charge on any atom is -0.336 e. The normalized spacial score (nSPS) is 21.9. The monoisotopic (exact) mass is 459 g/mol. The number of halogens is 2. The summed E-state index contributed by atoms with van der Waals surface area (Å²) in [5.74, 6) is -0.722. The molecule has 0 aliphatic carbocycles. The lowest BCUT2D eigenvalue weighted by molar-refractivity contribution is -0.130. The van der Waals surface area contributed by atoms with Gasteiger partial charge in [0.25, 0.3) is 5.91 Å². The smallest absolute Gasteiger partial charge is 0.254 e. The van der Waals surface area contributed by atoms with Crippen LogP contribution in [0.1, 0.15) is 34.6 Å². The Bertz CT molecular complexity index is 964. The van der Waals surface area contributed by atoms with E-state index in [1.54, 1.807) is 40.9 Å². The maximum atomic E-state index is 13.4. The summed E-state index contributed by atoms with van der Waals surface area (Å²) in [6, 6.07) is 12.2. The summed E-state index contributed by atoms with van der Waals surface area (Å²) in [5.41, 5.74) is 1.30. The second-order valence-electron chi connectivity index (χ2n) is 8.11. The van der Waals surface area contributed by atoms with Gasteiger partial charge in [-0.15, -0.1) is 11.8 Å². The van der Waals surface area contributed by atoms with Gasteiger partial charge in [-0.05, 0) is 42.3 Å². The second kappa shape index (κ2) is 10.0. The van der Waals surface area contributed by atoms with Crippen LogP contribution in [0.15, 0.2) is 48.5 Å². The molecule has 0 bridgehead atoms. The standard InChI is InChI=1S/C24H27F2N3O2S/c1-2-21-23(31)29(24(32-21)17-6-8-19(25)9-7-17)15-12-27-10-13-28(14-11-27)22(30)18-4-3-5-20(26)16-18/h3-9,16,21,24H,2,10-15H2,1H3/t21-,24-/m0/s1. The molecule has 2 atom stereocenters. The van der Waals surface area contributed by atoms with Gasteiger partial charge >= 0.3 is 0 Å². The highest BCUT2D eigenvalue weighted by Gasteiger charge is 2.40. The van der Waals surface area contributed by atoms with Gasteiger partial charge in [-0.1, -0.05) is 25.1 Å². The number of hydrogen-bond acceptors (Lipinski definition) is 4. The quantitative estimate of drug-likeness (QED) is 0.660. The van der Waals surface area contributed by atoms with Gasteiger partial charge in [0.15, 0.2) is 0 Å². The van der Waals surface area contributed by atoms with Crippen molar-refractivity contribution in [2.75, 3.05) is 39.3 Å². The van der Waals surface area contributed by atoms with Crippen molar-refractivity contribution in [3.63, 3.8) is 0 Å². The molecule has 5 nitrogen and oxygen atoms in total. The summed E-state index contributed by atoms with van der Waals surface area (Å²) in [4.78, 5) is 31.4. The molecule has 8 heteroatoms. The Morgan fingerprint density at radius 1 is 1.00 bits per heavy atom. The van der Waals surface area contributed by atoms with Gasteiger partial charge in [0.2, 0.25) is 5.91 Å². The Morgan fingerprint density at radius 3 is 2.38 bits per heavy atom. The maximum absolute atomic E-state index is 13.4. The number of rotatable bonds is 6. The summed E-state index contributed by atoms with van der Waals surface area (Å²) in [5, 5.41) is -0.185. The van der Waals surface area contributed by atoms with Crippen LogP contribution in [-0.4, -0.2) is 71.0 Å². The van der Waals surface area contributed by atoms with E-state index in [2.05, 4.69) is 4.90 Å². The summed E-state index contributed by atoms with van der Waals surface area (Å²) in [7, 11) is 0. The largest absolute Gasteiger partial charge is 0.336 e. The van der Waals surface area contributed by atoms with E-state index in [1.165, 1.54) is 24.3 Å². The van der Waals surface area contributed by atoms with Crippen LogP contribution in [0.4, 0.5) is 8.78 Å². The van der Waals surface area contributed by atoms with E-state index >= 15 is 0 Å². The third-order valence-corrected chi connectivity index (χ3v) is 7.70. The predicted molar refractivity (Wildman–Crippen MR) is 121 cm³/mol. The third-order valence-electron chi connectivity index (χ3n) is 6.05. The highest BCUT2D eigenvalue weighted by atomic mass is 32.2. The Hall–Kier alpha value is -2.45. The number of carbonyl (C=O) groups excluding carboxylic acids is 2. The molecule has 2 aliphatic rings. The van der Waals surface area contributed by atoms with Crippen molar-refractivity contribution in [2.24, 2.45) is 0 Å². The number of carbonyl (C=O) groups is 2. The molecule has 2 aromatic rings. The third kappa shape index (κ3) is 4.96. The molecule has 2 aliphatic heterocycles. The van der Waals surface area contributed by atoms with Crippen molar-refractivity contribution in [3.8, 4) is 0 Å². The lowest BCUT2D eigenvalue weighted by atomic mass is 10.1. The van der Waals surface area contributed by atoms with Crippen LogP contribution in [0.2, 0.25) is 0 Å². The van der Waals surface area contributed by atoms with E-state index in [0.717, 1.165) is 12.0 Å². The first-order valence-electron chi connectivity index (χ1n) is 10.9. The van der Waals surface area contributed by atoms with E-state index in [9.17, 15) is 18.4 Å². The van der Waals surface area contributed by atoms with Crippen LogP contribution in [0.25, 0.3) is 0 Å². The Kier molecular flexibility index (Phi) is 7.10. The van der Waals surface area contributed by atoms with Crippen LogP contribution >= 0.6 is 11.8 Å². The zero-order chi connectivity index (χ0) is 22.7. The molecular formula is C24H27F2N3O2S. The van der Waals surface area contributed by atoms with E-state index in [0.29, 0.717) is 44.8 Å². The van der Waals surface area contributed by atoms with Crippen molar-refractivity contribution in [1.29, 1.82) is 0 Å². The molecule has 0 saturated carbocycles. The molecule has 4 rings (SSSR count). The number of piperazine rings is 1. The predicted octanol–water partition coefficient (Wildman–Crippen LogP) is 3.78. The zero-order valence-corrected chi connectivity index (χ0v) is 18.9. The first kappa shape index (κ1) is 22.7. The highest BCUT2D eigenvalue weighted by Crippen LogP contribution is 2.44. The molecule has 2 heterocycles. The first-order chi connectivity index (χ1) is 15.5. The lowest BCUT2D eigenvalue weighted by Crippen LogP contribution is -2.50. The van der Waals surface area contributed by atoms with Crippen LogP contribution < -0.4 is 0 Å². The minimum absolute atomic E-state index is 0.0780. The number of nitrogens with zero attached hydrogens (tertiary/aromatic N) is 3. The molecule has 2 saturated heterocycles. The highest BCUT2D eigenvalue weighted by molar-refractivity contribution is 8.01. The van der Waals surface area contributed by atoms with Crippen molar-refractivity contribution in [1.82, 2.24) is 14.7 Å². The minimum atomic E-state index is -0.413. The molecule has 0 unspecified atom stereocenters. The Balaban J connectivity index is 1.34. The van der Waals surface area contributed by atoms with Gasteiger partial charge in [-0.2, -0.15) is 0 Å². The van der Waals surface area contributed by atoms with Crippen LogP contribution in [0.5, 0.6) is 0 Å². The topological polar surface area (TPSA) is 43.9 Å². The Labute approximate surface area is 191 Å². The maximum Gasteiger partial charge on any atom is 0.254 e. The van der Waals surface area contributed by atoms with E-state index in [1.807, 2.05) is 11.8 Å². The second-order valence-corrected chi connectivity index (χ2v) is 9.40. The molecule has 0 radical (unpaired) electrons. The summed E-state index contributed by atoms with van der Waals surface area (Å²) < 4.78 is 26.8. The summed E-state index contributed by atoms with van der Waals surface area (Å²) in [6.07, 6.45) is 0.762. The molecular weight excluding hydrogens is 432 g/mol. The first-order valence-corrected chi connectivity index (χ1v) is 11.9. The molecule has 2 aromatic carbocycles. The van der Waals surface area contributed by atoms with Gasteiger partial charge < -0.3 is 9.80 Å². The zero-order valence-electron chi connectivity index (χ0n) is 18.0. The van der Waals surface area contributed by atoms with E-state index in [4.69, 9.17) is 0 Å². The number of benzene rings is 2. The molecule has 2 amide bonds. The van der Waals surface area contributed by atoms with Crippen LogP contribution in [0.3, 0.4) is 0 Å². The number of hydrogen-bond donors (Lipinski definition) is 0. The van der Waals surface area contributed by atoms with Crippen molar-refractivity contribution in [2.45, 2.75) is 24.0 Å². The fraction of sp³-hybridized carbons (Fsp3) is 0.417. The van der Waals surface area contributed by atoms with Crippen molar-refractivity contribution >= 4 is 23.6 Å². The molecule has 32 heavy (non-hydrogen) atoms. The van der Waals surface area contributed by atoms with Crippen molar-refractivity contribution in [3.05, 3.63) is 71.3 Å². The van der Waals surface area contributed by atoms with Crippen molar-refractivity contribution < 1.29 is 18.4 Å². The average molecular weight is 460 g/mol. The Morgan fingerprint density at radius 2 is 1.72 bits per heavy atom. The summed E-state index contributed by atoms with van der Waals surface area (Å²) >= 11 is 1.63. The molecule has 0 N–H and O–H groups in total. The fourth-order valence-electron chi connectivity index (χ4n) is 4.20. The van der Waals surface area contributed by atoms with Gasteiger partial charge in [0.05, 0.1) is 5.25 Å². The fourth-order valence-corrected chi connectivity index (χ4v) is 5.63. The van der Waals surface area contributed by atoms with Gasteiger partial charge in [-0.25, -0.2) is 8.78 Å².